The second-order valence-corrected chi connectivity index (χ2v) is 5.11. The Balaban J connectivity index is 1.94. The SMILES string of the molecule is CCOC(=O)C=CC1CC1c1ccc(Cl)c(Cl)c1. The van der Waals surface area contributed by atoms with Crippen molar-refractivity contribution in [2.24, 2.45) is 5.92 Å². The van der Waals surface area contributed by atoms with Crippen LogP contribution in [0.25, 0.3) is 0 Å². The summed E-state index contributed by atoms with van der Waals surface area (Å²) in [6, 6.07) is 5.69. The highest BCUT2D eigenvalue weighted by Gasteiger charge is 2.36. The van der Waals surface area contributed by atoms with Crippen LogP contribution in [-0.2, 0) is 9.53 Å². The minimum atomic E-state index is -0.280. The highest BCUT2D eigenvalue weighted by molar-refractivity contribution is 6.42. The zero-order valence-electron chi connectivity index (χ0n) is 10.0. The standard InChI is InChI=1S/C14H14Cl2O2/c1-2-18-14(17)6-4-9-7-11(9)10-3-5-12(15)13(16)8-10/h3-6,8-9,11H,2,7H2,1H3. The lowest BCUT2D eigenvalue weighted by molar-refractivity contribution is -0.137. The highest BCUT2D eigenvalue weighted by atomic mass is 35.5. The van der Waals surface area contributed by atoms with Crippen molar-refractivity contribution in [2.75, 3.05) is 6.61 Å². The molecule has 2 unspecified atom stereocenters. The van der Waals surface area contributed by atoms with Crippen LogP contribution in [-0.4, -0.2) is 12.6 Å². The van der Waals surface area contributed by atoms with E-state index < -0.39 is 0 Å². The lowest BCUT2D eigenvalue weighted by Crippen LogP contribution is -1.98. The molecule has 1 fully saturated rings. The quantitative estimate of drug-likeness (QED) is 0.611. The normalized spacial score (nSPS) is 22.2. The Morgan fingerprint density at radius 2 is 2.22 bits per heavy atom. The van der Waals surface area contributed by atoms with E-state index in [-0.39, 0.29) is 5.97 Å². The Morgan fingerprint density at radius 3 is 2.89 bits per heavy atom. The summed E-state index contributed by atoms with van der Waals surface area (Å²) in [5, 5.41) is 1.15. The molecule has 2 atom stereocenters. The molecule has 1 aromatic rings. The van der Waals surface area contributed by atoms with Gasteiger partial charge in [-0.1, -0.05) is 35.3 Å². The van der Waals surface area contributed by atoms with Crippen molar-refractivity contribution < 1.29 is 9.53 Å². The first-order chi connectivity index (χ1) is 8.61. The summed E-state index contributed by atoms with van der Waals surface area (Å²) in [6.07, 6.45) is 4.45. The summed E-state index contributed by atoms with van der Waals surface area (Å²) >= 11 is 11.9. The molecule has 1 saturated carbocycles. The van der Waals surface area contributed by atoms with Crippen molar-refractivity contribution in [2.45, 2.75) is 19.3 Å². The zero-order valence-corrected chi connectivity index (χ0v) is 11.5. The van der Waals surface area contributed by atoms with Crippen LogP contribution in [0, 0.1) is 5.92 Å². The van der Waals surface area contributed by atoms with E-state index >= 15 is 0 Å². The molecule has 18 heavy (non-hydrogen) atoms. The molecule has 96 valence electrons. The molecule has 0 spiro atoms. The maximum absolute atomic E-state index is 11.2. The minimum absolute atomic E-state index is 0.280. The number of allylic oxidation sites excluding steroid dienone is 1. The van der Waals surface area contributed by atoms with Crippen LogP contribution in [0.4, 0.5) is 0 Å². The van der Waals surface area contributed by atoms with Gasteiger partial charge in [-0.05, 0) is 42.9 Å². The van der Waals surface area contributed by atoms with E-state index in [1.165, 1.54) is 11.6 Å². The van der Waals surface area contributed by atoms with Gasteiger partial charge in [0.1, 0.15) is 0 Å². The number of carbonyl (C=O) groups is 1. The van der Waals surface area contributed by atoms with Crippen molar-refractivity contribution in [1.82, 2.24) is 0 Å². The molecule has 0 heterocycles. The van der Waals surface area contributed by atoms with E-state index in [0.29, 0.717) is 28.5 Å². The summed E-state index contributed by atoms with van der Waals surface area (Å²) in [4.78, 5) is 11.2. The molecule has 2 nitrogen and oxygen atoms in total. The van der Waals surface area contributed by atoms with Gasteiger partial charge in [0.05, 0.1) is 16.7 Å². The van der Waals surface area contributed by atoms with Gasteiger partial charge in [0.2, 0.25) is 0 Å². The minimum Gasteiger partial charge on any atom is -0.463 e. The molecular weight excluding hydrogens is 271 g/mol. The predicted molar refractivity (Wildman–Crippen MR) is 73.1 cm³/mol. The summed E-state index contributed by atoms with van der Waals surface area (Å²) in [5.74, 6) is 0.550. The molecule has 0 saturated heterocycles. The number of esters is 1. The first-order valence-electron chi connectivity index (χ1n) is 5.91. The number of ether oxygens (including phenoxy) is 1. The van der Waals surface area contributed by atoms with E-state index in [2.05, 4.69) is 0 Å². The first-order valence-corrected chi connectivity index (χ1v) is 6.67. The molecule has 0 radical (unpaired) electrons. The van der Waals surface area contributed by atoms with Crippen LogP contribution in [0.2, 0.25) is 10.0 Å². The number of carbonyl (C=O) groups excluding carboxylic acids is 1. The van der Waals surface area contributed by atoms with Crippen molar-refractivity contribution in [3.05, 3.63) is 46.0 Å². The van der Waals surface area contributed by atoms with E-state index in [4.69, 9.17) is 27.9 Å². The van der Waals surface area contributed by atoms with Gasteiger partial charge in [0.15, 0.2) is 0 Å². The van der Waals surface area contributed by atoms with Gasteiger partial charge in [0, 0.05) is 6.08 Å². The van der Waals surface area contributed by atoms with E-state index in [1.807, 2.05) is 24.3 Å². The Bertz CT molecular complexity index is 483. The molecule has 4 heteroatoms. The fourth-order valence-electron chi connectivity index (χ4n) is 1.95. The van der Waals surface area contributed by atoms with Gasteiger partial charge in [-0.25, -0.2) is 4.79 Å². The Labute approximate surface area is 117 Å². The fraction of sp³-hybridized carbons (Fsp3) is 0.357. The molecular formula is C14H14Cl2O2. The van der Waals surface area contributed by atoms with Crippen LogP contribution in [0.15, 0.2) is 30.4 Å². The zero-order chi connectivity index (χ0) is 13.1. The molecule has 0 aliphatic heterocycles. The van der Waals surface area contributed by atoms with Gasteiger partial charge >= 0.3 is 5.97 Å². The van der Waals surface area contributed by atoms with Gasteiger partial charge < -0.3 is 4.74 Å². The molecule has 0 amide bonds. The maximum Gasteiger partial charge on any atom is 0.330 e. The van der Waals surface area contributed by atoms with Crippen LogP contribution in [0.1, 0.15) is 24.8 Å². The Kier molecular flexibility index (Phi) is 4.31. The Morgan fingerprint density at radius 1 is 1.44 bits per heavy atom. The predicted octanol–water partition coefficient (Wildman–Crippen LogP) is 4.22. The summed E-state index contributed by atoms with van der Waals surface area (Å²) in [6.45, 7) is 2.20. The maximum atomic E-state index is 11.2. The van der Waals surface area contributed by atoms with Crippen LogP contribution in [0.3, 0.4) is 0 Å². The van der Waals surface area contributed by atoms with Gasteiger partial charge in [0.25, 0.3) is 0 Å². The van der Waals surface area contributed by atoms with E-state index in [9.17, 15) is 4.79 Å². The average molecular weight is 285 g/mol. The van der Waals surface area contributed by atoms with Crippen molar-refractivity contribution in [3.63, 3.8) is 0 Å². The topological polar surface area (TPSA) is 26.3 Å². The molecule has 2 rings (SSSR count). The van der Waals surface area contributed by atoms with E-state index in [1.54, 1.807) is 6.92 Å². The van der Waals surface area contributed by atoms with E-state index in [0.717, 1.165) is 6.42 Å². The molecule has 0 N–H and O–H groups in total. The molecule has 0 aromatic heterocycles. The number of halogens is 2. The van der Waals surface area contributed by atoms with Crippen LogP contribution < -0.4 is 0 Å². The molecule has 1 aliphatic rings. The smallest absolute Gasteiger partial charge is 0.330 e. The lowest BCUT2D eigenvalue weighted by atomic mass is 10.1. The number of rotatable bonds is 4. The molecule has 0 bridgehead atoms. The second-order valence-electron chi connectivity index (χ2n) is 4.29. The van der Waals surface area contributed by atoms with Crippen molar-refractivity contribution in [1.29, 1.82) is 0 Å². The van der Waals surface area contributed by atoms with Crippen molar-refractivity contribution >= 4 is 29.2 Å². The summed E-state index contributed by atoms with van der Waals surface area (Å²) in [7, 11) is 0. The molecule has 1 aliphatic carbocycles. The Hall–Kier alpha value is -0.990. The lowest BCUT2D eigenvalue weighted by Gasteiger charge is -2.01. The summed E-state index contributed by atoms with van der Waals surface area (Å²) < 4.78 is 4.83. The number of hydrogen-bond acceptors (Lipinski definition) is 2. The third kappa shape index (κ3) is 3.27. The van der Waals surface area contributed by atoms with Gasteiger partial charge in [-0.3, -0.25) is 0 Å². The average Bonchev–Trinajstić information content (AvgIpc) is 3.10. The first kappa shape index (κ1) is 13.4. The summed E-state index contributed by atoms with van der Waals surface area (Å²) in [5.41, 5.74) is 1.17. The van der Waals surface area contributed by atoms with Crippen LogP contribution >= 0.6 is 23.2 Å². The fourth-order valence-corrected chi connectivity index (χ4v) is 2.25. The van der Waals surface area contributed by atoms with Gasteiger partial charge in [-0.2, -0.15) is 0 Å². The third-order valence-electron chi connectivity index (χ3n) is 2.98. The monoisotopic (exact) mass is 284 g/mol. The molecule has 1 aromatic carbocycles. The second kappa shape index (κ2) is 5.77. The third-order valence-corrected chi connectivity index (χ3v) is 3.72. The number of hydrogen-bond donors (Lipinski definition) is 0. The number of benzene rings is 1. The van der Waals surface area contributed by atoms with Crippen LogP contribution in [0.5, 0.6) is 0 Å². The highest BCUT2D eigenvalue weighted by Crippen LogP contribution is 2.49. The largest absolute Gasteiger partial charge is 0.463 e. The van der Waals surface area contributed by atoms with Gasteiger partial charge in [-0.15, -0.1) is 0 Å². The van der Waals surface area contributed by atoms with Crippen molar-refractivity contribution in [3.8, 4) is 0 Å².